The van der Waals surface area contributed by atoms with Gasteiger partial charge in [0.2, 0.25) is 5.69 Å². The maximum atomic E-state index is 13.8. The average Bonchev–Trinajstić information content (AvgIpc) is 3.09. The molecule has 0 fully saturated rings. The molecule has 0 spiro atoms. The largest absolute Gasteiger partial charge is 0.465 e. The molecule has 2 aromatic heterocycles. The summed E-state index contributed by atoms with van der Waals surface area (Å²) in [6.45, 7) is 7.37. The number of hydrogen-bond acceptors (Lipinski definition) is 5. The van der Waals surface area contributed by atoms with Crippen LogP contribution in [0.4, 0.5) is 10.1 Å². The van der Waals surface area contributed by atoms with E-state index in [1.165, 1.54) is 29.8 Å². The highest BCUT2D eigenvalue weighted by Gasteiger charge is 2.14. The van der Waals surface area contributed by atoms with Crippen LogP contribution in [0.1, 0.15) is 0 Å². The Bertz CT molecular complexity index is 1230. The van der Waals surface area contributed by atoms with Gasteiger partial charge in [-0.05, 0) is 24.3 Å². The van der Waals surface area contributed by atoms with E-state index in [9.17, 15) is 9.18 Å². The zero-order chi connectivity index (χ0) is 18.1. The number of aromatic nitrogens is 3. The molecule has 126 valence electrons. The number of ether oxygens (including phenoxy) is 1. The Hall–Kier alpha value is -3.57. The summed E-state index contributed by atoms with van der Waals surface area (Å²) < 4.78 is 19.3. The first-order chi connectivity index (χ1) is 12.7. The number of halogens is 1. The first-order valence-electron chi connectivity index (χ1n) is 7.44. The van der Waals surface area contributed by atoms with Gasteiger partial charge in [-0.3, -0.25) is 4.79 Å². The number of thiazole rings is 1. The number of fused-ring (bicyclic) bond motifs is 1. The number of nitrogens with zero attached hydrogens (tertiary/aromatic N) is 3. The second-order valence-electron chi connectivity index (χ2n) is 5.23. The highest BCUT2D eigenvalue weighted by Crippen LogP contribution is 2.37. The Labute approximate surface area is 150 Å². The van der Waals surface area contributed by atoms with Crippen molar-refractivity contribution in [2.45, 2.75) is 0 Å². The van der Waals surface area contributed by atoms with Crippen LogP contribution in [-0.4, -0.2) is 15.0 Å². The molecule has 0 radical (unpaired) electrons. The van der Waals surface area contributed by atoms with Gasteiger partial charge in [-0.15, -0.1) is 0 Å². The molecule has 4 aromatic rings. The lowest BCUT2D eigenvalue weighted by atomic mass is 10.2. The quantitative estimate of drug-likeness (QED) is 0.542. The number of hydrogen-bond donors (Lipinski definition) is 1. The predicted octanol–water partition coefficient (Wildman–Crippen LogP) is 4.53. The lowest BCUT2D eigenvalue weighted by Crippen LogP contribution is -2.05. The van der Waals surface area contributed by atoms with E-state index >= 15 is 0 Å². The summed E-state index contributed by atoms with van der Waals surface area (Å²) in [4.78, 5) is 26.6. The SMILES string of the molecule is [C-]#[N+]c1cc(-c2nc3c(=O)[nH]cnc3s2)ccc1Oc1ccccc1F. The lowest BCUT2D eigenvalue weighted by molar-refractivity contribution is 0.444. The minimum Gasteiger partial charge on any atom is -0.465 e. The molecule has 0 saturated carbocycles. The summed E-state index contributed by atoms with van der Waals surface area (Å²) in [7, 11) is 0. The second-order valence-corrected chi connectivity index (χ2v) is 6.21. The van der Waals surface area contributed by atoms with E-state index < -0.39 is 5.82 Å². The van der Waals surface area contributed by atoms with Gasteiger partial charge >= 0.3 is 0 Å². The Morgan fingerprint density at radius 3 is 2.81 bits per heavy atom. The van der Waals surface area contributed by atoms with Gasteiger partial charge < -0.3 is 9.72 Å². The van der Waals surface area contributed by atoms with Gasteiger partial charge in [0.25, 0.3) is 5.56 Å². The molecule has 0 bridgehead atoms. The van der Waals surface area contributed by atoms with Gasteiger partial charge in [-0.1, -0.05) is 29.5 Å². The van der Waals surface area contributed by atoms with Crippen molar-refractivity contribution in [3.8, 4) is 22.1 Å². The molecule has 0 aliphatic heterocycles. The van der Waals surface area contributed by atoms with E-state index in [0.717, 1.165) is 0 Å². The summed E-state index contributed by atoms with van der Waals surface area (Å²) in [6.07, 6.45) is 1.32. The summed E-state index contributed by atoms with van der Waals surface area (Å²) in [6, 6.07) is 10.9. The Morgan fingerprint density at radius 2 is 2.04 bits per heavy atom. The topological polar surface area (TPSA) is 72.2 Å². The van der Waals surface area contributed by atoms with Crippen LogP contribution in [0.5, 0.6) is 11.5 Å². The van der Waals surface area contributed by atoms with Crippen LogP contribution in [0, 0.1) is 12.4 Å². The van der Waals surface area contributed by atoms with Gasteiger partial charge in [-0.2, -0.15) is 0 Å². The van der Waals surface area contributed by atoms with E-state index in [-0.39, 0.29) is 28.3 Å². The monoisotopic (exact) mass is 364 g/mol. The molecular formula is C18H9FN4O2S. The molecule has 0 aliphatic carbocycles. The van der Waals surface area contributed by atoms with Crippen LogP contribution in [0.2, 0.25) is 0 Å². The van der Waals surface area contributed by atoms with E-state index in [4.69, 9.17) is 11.3 Å². The lowest BCUT2D eigenvalue weighted by Gasteiger charge is -2.09. The molecule has 6 nitrogen and oxygen atoms in total. The maximum absolute atomic E-state index is 13.8. The van der Waals surface area contributed by atoms with Crippen LogP contribution in [0.25, 0.3) is 25.8 Å². The molecule has 26 heavy (non-hydrogen) atoms. The third-order valence-corrected chi connectivity index (χ3v) is 4.60. The molecule has 0 aliphatic rings. The molecule has 0 saturated heterocycles. The predicted molar refractivity (Wildman–Crippen MR) is 96.2 cm³/mol. The molecule has 8 heteroatoms. The highest BCUT2D eigenvalue weighted by molar-refractivity contribution is 7.21. The average molecular weight is 364 g/mol. The molecule has 1 N–H and O–H groups in total. The first kappa shape index (κ1) is 15.9. The molecule has 0 amide bonds. The van der Waals surface area contributed by atoms with Gasteiger partial charge in [0.05, 0.1) is 12.9 Å². The molecule has 2 aromatic carbocycles. The zero-order valence-corrected chi connectivity index (χ0v) is 13.9. The number of benzene rings is 2. The summed E-state index contributed by atoms with van der Waals surface area (Å²) in [5, 5.41) is 0.562. The maximum Gasteiger partial charge on any atom is 0.278 e. The minimum atomic E-state index is -0.510. The molecular weight excluding hydrogens is 355 g/mol. The number of nitrogens with one attached hydrogen (secondary N) is 1. The smallest absolute Gasteiger partial charge is 0.278 e. The standard InChI is InChI=1S/C18H9FN4O2S/c1-20-12-8-10(17-23-15-16(24)21-9-22-18(15)26-17)6-7-14(12)25-13-5-3-2-4-11(13)19/h2-9H,(H,21,22,24). The van der Waals surface area contributed by atoms with Crippen LogP contribution < -0.4 is 10.3 Å². The third kappa shape index (κ3) is 2.81. The fourth-order valence-corrected chi connectivity index (χ4v) is 3.26. The number of rotatable bonds is 3. The van der Waals surface area contributed by atoms with Gasteiger partial charge in [-0.25, -0.2) is 19.2 Å². The Kier molecular flexibility index (Phi) is 3.91. The van der Waals surface area contributed by atoms with E-state index in [1.54, 1.807) is 30.3 Å². The Morgan fingerprint density at radius 1 is 1.19 bits per heavy atom. The van der Waals surface area contributed by atoms with Gasteiger partial charge in [0.1, 0.15) is 10.8 Å². The summed E-state index contributed by atoms with van der Waals surface area (Å²) >= 11 is 1.25. The zero-order valence-electron chi connectivity index (χ0n) is 13.1. The van der Waals surface area contributed by atoms with E-state index in [2.05, 4.69) is 19.8 Å². The molecule has 0 atom stereocenters. The molecule has 4 rings (SSSR count). The fraction of sp³-hybridized carbons (Fsp3) is 0. The van der Waals surface area contributed by atoms with Crippen molar-refractivity contribution in [2.24, 2.45) is 0 Å². The number of H-pyrrole nitrogens is 1. The van der Waals surface area contributed by atoms with Crippen LogP contribution in [0.3, 0.4) is 0 Å². The summed E-state index contributed by atoms with van der Waals surface area (Å²) in [5.74, 6) is -0.226. The van der Waals surface area contributed by atoms with Crippen molar-refractivity contribution >= 4 is 27.4 Å². The number of para-hydroxylation sites is 1. The van der Waals surface area contributed by atoms with Crippen molar-refractivity contribution in [3.63, 3.8) is 0 Å². The highest BCUT2D eigenvalue weighted by atomic mass is 32.1. The van der Waals surface area contributed by atoms with Crippen molar-refractivity contribution in [3.05, 3.63) is 76.4 Å². The van der Waals surface area contributed by atoms with Crippen molar-refractivity contribution in [1.29, 1.82) is 0 Å². The van der Waals surface area contributed by atoms with E-state index in [0.29, 0.717) is 15.4 Å². The first-order valence-corrected chi connectivity index (χ1v) is 8.26. The van der Waals surface area contributed by atoms with Crippen molar-refractivity contribution < 1.29 is 9.13 Å². The van der Waals surface area contributed by atoms with Crippen LogP contribution >= 0.6 is 11.3 Å². The number of aromatic amines is 1. The minimum absolute atomic E-state index is 0.0425. The van der Waals surface area contributed by atoms with Gasteiger partial charge in [0.15, 0.2) is 21.9 Å². The van der Waals surface area contributed by atoms with E-state index in [1.807, 2.05) is 0 Å². The summed E-state index contributed by atoms with van der Waals surface area (Å²) in [5.41, 5.74) is 0.803. The fourth-order valence-electron chi connectivity index (χ4n) is 2.36. The van der Waals surface area contributed by atoms with Crippen molar-refractivity contribution in [2.75, 3.05) is 0 Å². The normalized spacial score (nSPS) is 10.6. The third-order valence-electron chi connectivity index (χ3n) is 3.58. The van der Waals surface area contributed by atoms with Crippen LogP contribution in [-0.2, 0) is 0 Å². The second kappa shape index (κ2) is 6.38. The van der Waals surface area contributed by atoms with Crippen LogP contribution in [0.15, 0.2) is 53.6 Å². The Balaban J connectivity index is 1.75. The molecule has 2 heterocycles. The molecule has 0 unspecified atom stereocenters. The van der Waals surface area contributed by atoms with Gasteiger partial charge in [0, 0.05) is 5.56 Å². The van der Waals surface area contributed by atoms with Crippen molar-refractivity contribution in [1.82, 2.24) is 15.0 Å².